The quantitative estimate of drug-likeness (QED) is 0.659. The lowest BCUT2D eigenvalue weighted by atomic mass is 10.1. The number of anilines is 1. The molecule has 3 rings (SSSR count). The van der Waals surface area contributed by atoms with Crippen molar-refractivity contribution in [2.75, 3.05) is 12.8 Å². The molecule has 0 aliphatic carbocycles. The summed E-state index contributed by atoms with van der Waals surface area (Å²) in [6, 6.07) is 2.37. The molecule has 0 saturated carbocycles. The molecule has 3 aromatic rings. The van der Waals surface area contributed by atoms with Gasteiger partial charge in [0.2, 0.25) is 0 Å². The Morgan fingerprint density at radius 1 is 1.28 bits per heavy atom. The summed E-state index contributed by atoms with van der Waals surface area (Å²) < 4.78 is 42.8. The summed E-state index contributed by atoms with van der Waals surface area (Å²) in [6.45, 7) is 0. The normalized spacial score (nSPS) is 11.7. The number of esters is 1. The highest BCUT2D eigenvalue weighted by atomic mass is 35.5. The highest BCUT2D eigenvalue weighted by Crippen LogP contribution is 2.37. The lowest BCUT2D eigenvalue weighted by Gasteiger charge is -2.09. The van der Waals surface area contributed by atoms with Gasteiger partial charge in [-0.1, -0.05) is 11.6 Å². The van der Waals surface area contributed by atoms with Crippen molar-refractivity contribution in [2.24, 2.45) is 0 Å². The topological polar surface area (TPSA) is 78.1 Å². The standard InChI is InChI=1S/C15H9ClF3N3O2S/c1-24-14(23)12-10(20)8-2-6(4-22-13(8)25-12)11-9(16)3-7(5-21-11)15(17,18)19/h2-5H,20H2,1H3. The second kappa shape index (κ2) is 6.16. The number of carbonyl (C=O) groups is 1. The van der Waals surface area contributed by atoms with E-state index >= 15 is 0 Å². The van der Waals surface area contributed by atoms with Crippen LogP contribution in [0.25, 0.3) is 21.5 Å². The molecule has 3 heterocycles. The molecule has 0 radical (unpaired) electrons. The summed E-state index contributed by atoms with van der Waals surface area (Å²) >= 11 is 7.00. The minimum atomic E-state index is -4.54. The molecule has 0 aliphatic rings. The van der Waals surface area contributed by atoms with Crippen LogP contribution in [0.2, 0.25) is 5.02 Å². The average Bonchev–Trinajstić information content (AvgIpc) is 2.89. The van der Waals surface area contributed by atoms with Crippen LogP contribution in [0.15, 0.2) is 24.5 Å². The number of rotatable bonds is 2. The molecule has 10 heteroatoms. The maximum absolute atomic E-state index is 12.7. The first-order chi connectivity index (χ1) is 11.7. The number of aromatic nitrogens is 2. The van der Waals surface area contributed by atoms with E-state index in [1.54, 1.807) is 6.07 Å². The third-order valence-corrected chi connectivity index (χ3v) is 4.79. The second-order valence-corrected chi connectivity index (χ2v) is 6.37. The molecule has 0 amide bonds. The molecule has 0 unspecified atom stereocenters. The molecule has 0 aliphatic heterocycles. The van der Waals surface area contributed by atoms with Crippen molar-refractivity contribution >= 4 is 44.8 Å². The highest BCUT2D eigenvalue weighted by Gasteiger charge is 2.31. The molecule has 0 aromatic carbocycles. The number of alkyl halides is 3. The van der Waals surface area contributed by atoms with Crippen molar-refractivity contribution in [1.29, 1.82) is 0 Å². The van der Waals surface area contributed by atoms with Gasteiger partial charge in [-0.05, 0) is 12.1 Å². The Morgan fingerprint density at radius 2 is 2.00 bits per heavy atom. The molecular weight excluding hydrogens is 379 g/mol. The number of fused-ring (bicyclic) bond motifs is 1. The summed E-state index contributed by atoms with van der Waals surface area (Å²) in [4.78, 5) is 20.3. The number of halogens is 4. The van der Waals surface area contributed by atoms with Crippen LogP contribution in [0.5, 0.6) is 0 Å². The lowest BCUT2D eigenvalue weighted by molar-refractivity contribution is -0.137. The SMILES string of the molecule is COC(=O)c1sc2ncc(-c3ncc(C(F)(F)F)cc3Cl)cc2c1N. The van der Waals surface area contributed by atoms with Crippen molar-refractivity contribution in [3.8, 4) is 11.3 Å². The molecule has 2 N–H and O–H groups in total. The number of carbonyl (C=O) groups excluding carboxylic acids is 1. The van der Waals surface area contributed by atoms with Gasteiger partial charge in [-0.15, -0.1) is 11.3 Å². The van der Waals surface area contributed by atoms with E-state index in [1.165, 1.54) is 13.3 Å². The fourth-order valence-electron chi connectivity index (χ4n) is 2.18. The van der Waals surface area contributed by atoms with Crippen LogP contribution in [0.3, 0.4) is 0 Å². The molecule has 130 valence electrons. The van der Waals surface area contributed by atoms with Gasteiger partial charge in [-0.2, -0.15) is 13.2 Å². The van der Waals surface area contributed by atoms with Gasteiger partial charge >= 0.3 is 12.1 Å². The molecule has 3 aromatic heterocycles. The number of nitrogen functional groups attached to an aromatic ring is 1. The van der Waals surface area contributed by atoms with Crippen molar-refractivity contribution < 1.29 is 22.7 Å². The number of ether oxygens (including phenoxy) is 1. The minimum absolute atomic E-state index is 0.134. The number of hydrogen-bond donors (Lipinski definition) is 1. The Hall–Kier alpha value is -2.39. The smallest absolute Gasteiger partial charge is 0.417 e. The first kappa shape index (κ1) is 17.4. The first-order valence-electron chi connectivity index (χ1n) is 6.72. The first-order valence-corrected chi connectivity index (χ1v) is 7.91. The summed E-state index contributed by atoms with van der Waals surface area (Å²) in [5.74, 6) is -0.590. The number of thiophene rings is 1. The van der Waals surface area contributed by atoms with Gasteiger partial charge in [0.15, 0.2) is 0 Å². The number of pyridine rings is 2. The summed E-state index contributed by atoms with van der Waals surface area (Å²) in [5, 5.41) is 0.304. The van der Waals surface area contributed by atoms with E-state index in [4.69, 9.17) is 17.3 Å². The molecule has 0 saturated heterocycles. The zero-order valence-electron chi connectivity index (χ0n) is 12.5. The van der Waals surface area contributed by atoms with Crippen molar-refractivity contribution in [1.82, 2.24) is 9.97 Å². The molecule has 0 atom stereocenters. The van der Waals surface area contributed by atoms with Gasteiger partial charge in [0.05, 0.1) is 29.1 Å². The van der Waals surface area contributed by atoms with E-state index in [1.807, 2.05) is 0 Å². The van der Waals surface area contributed by atoms with Crippen LogP contribution in [0.4, 0.5) is 18.9 Å². The Morgan fingerprint density at radius 3 is 2.60 bits per heavy atom. The number of hydrogen-bond acceptors (Lipinski definition) is 6. The van der Waals surface area contributed by atoms with Gasteiger partial charge in [0.25, 0.3) is 0 Å². The Labute approximate surface area is 148 Å². The van der Waals surface area contributed by atoms with Crippen LogP contribution >= 0.6 is 22.9 Å². The van der Waals surface area contributed by atoms with Crippen LogP contribution in [0.1, 0.15) is 15.2 Å². The Kier molecular flexibility index (Phi) is 4.29. The van der Waals surface area contributed by atoms with E-state index in [2.05, 4.69) is 14.7 Å². The molecule has 5 nitrogen and oxygen atoms in total. The van der Waals surface area contributed by atoms with E-state index in [0.29, 0.717) is 22.0 Å². The molecule has 25 heavy (non-hydrogen) atoms. The van der Waals surface area contributed by atoms with Crippen molar-refractivity contribution in [2.45, 2.75) is 6.18 Å². The zero-order valence-corrected chi connectivity index (χ0v) is 14.1. The van der Waals surface area contributed by atoms with E-state index in [9.17, 15) is 18.0 Å². The lowest BCUT2D eigenvalue weighted by Crippen LogP contribution is -2.05. The van der Waals surface area contributed by atoms with Crippen molar-refractivity contribution in [3.63, 3.8) is 0 Å². The Bertz CT molecular complexity index is 988. The summed E-state index contributed by atoms with van der Waals surface area (Å²) in [7, 11) is 1.23. The molecule has 0 spiro atoms. The van der Waals surface area contributed by atoms with Crippen LogP contribution in [-0.4, -0.2) is 23.0 Å². The van der Waals surface area contributed by atoms with E-state index in [0.717, 1.165) is 17.4 Å². The predicted molar refractivity (Wildman–Crippen MR) is 88.6 cm³/mol. The number of nitrogens with zero attached hydrogens (tertiary/aromatic N) is 2. The zero-order chi connectivity index (χ0) is 18.4. The summed E-state index contributed by atoms with van der Waals surface area (Å²) in [5.41, 5.74) is 5.70. The van der Waals surface area contributed by atoms with E-state index < -0.39 is 17.7 Å². The molecule has 0 bridgehead atoms. The van der Waals surface area contributed by atoms with Gasteiger partial charge in [0, 0.05) is 23.3 Å². The largest absolute Gasteiger partial charge is 0.465 e. The highest BCUT2D eigenvalue weighted by molar-refractivity contribution is 7.21. The van der Waals surface area contributed by atoms with Crippen LogP contribution < -0.4 is 5.73 Å². The second-order valence-electron chi connectivity index (χ2n) is 4.97. The third-order valence-electron chi connectivity index (χ3n) is 3.40. The Balaban J connectivity index is 2.11. The monoisotopic (exact) mass is 387 g/mol. The van der Waals surface area contributed by atoms with Gasteiger partial charge in [-0.3, -0.25) is 4.98 Å². The van der Waals surface area contributed by atoms with E-state index in [-0.39, 0.29) is 21.3 Å². The molecular formula is C15H9ClF3N3O2S. The fraction of sp³-hybridized carbons (Fsp3) is 0.133. The summed E-state index contributed by atoms with van der Waals surface area (Å²) in [6.07, 6.45) is -2.44. The van der Waals surface area contributed by atoms with Gasteiger partial charge < -0.3 is 10.5 Å². The fourth-order valence-corrected chi connectivity index (χ4v) is 3.42. The van der Waals surface area contributed by atoms with Crippen molar-refractivity contribution in [3.05, 3.63) is 40.0 Å². The molecule has 0 fully saturated rings. The number of nitrogens with two attached hydrogens (primary N) is 1. The van der Waals surface area contributed by atoms with Crippen LogP contribution in [-0.2, 0) is 10.9 Å². The third kappa shape index (κ3) is 3.12. The maximum atomic E-state index is 12.7. The number of methoxy groups -OCH3 is 1. The predicted octanol–water partition coefficient (Wildman–Crippen LogP) is 4.40. The van der Waals surface area contributed by atoms with Gasteiger partial charge in [-0.25, -0.2) is 9.78 Å². The van der Waals surface area contributed by atoms with Gasteiger partial charge in [0.1, 0.15) is 9.71 Å². The average molecular weight is 388 g/mol. The van der Waals surface area contributed by atoms with Crippen LogP contribution in [0, 0.1) is 0 Å². The maximum Gasteiger partial charge on any atom is 0.417 e. The minimum Gasteiger partial charge on any atom is -0.465 e.